The van der Waals surface area contributed by atoms with E-state index in [0.29, 0.717) is 42.7 Å². The van der Waals surface area contributed by atoms with Gasteiger partial charge in [-0.05, 0) is 78.6 Å². The molecule has 4 aliphatic rings. The van der Waals surface area contributed by atoms with E-state index >= 15 is 0 Å². The zero-order valence-electron chi connectivity index (χ0n) is 27.9. The van der Waals surface area contributed by atoms with E-state index in [9.17, 15) is 20.4 Å². The van der Waals surface area contributed by atoms with Crippen LogP contribution in [0.1, 0.15) is 72.6 Å². The standard InChI is InChI=1S/C38H52N2O6S.BrH/c41-26-31-23-30(10-13-34(31)42)35(43)24-39-17-14-28-8-11-33(12-9-28)45-21-4-18-40-19-15-29(16-20-40)36(25-40)46-27-38(44,32-5-1-2-6-32)37-7-3-22-47-37;/h3,7-13,22-23,29,32,35-36,39,41,43-44H,1-2,4-6,14-21,24-27H2;1H/t29?,35-,36-,38+,40?;/m0./s1. The molecule has 1 saturated carbocycles. The molecule has 3 atom stereocenters. The molecule has 2 bridgehead atoms. The number of fused-ring (bicyclic) bond motifs is 3. The number of ether oxygens (including phenoxy) is 2. The maximum atomic E-state index is 11.9. The van der Waals surface area contributed by atoms with Gasteiger partial charge in [0.2, 0.25) is 0 Å². The van der Waals surface area contributed by atoms with Gasteiger partial charge in [-0.1, -0.05) is 37.1 Å². The Morgan fingerprint density at radius 3 is 2.50 bits per heavy atom. The van der Waals surface area contributed by atoms with Crippen molar-refractivity contribution in [2.75, 3.05) is 52.5 Å². The Hall–Kier alpha value is -2.02. The van der Waals surface area contributed by atoms with Crippen LogP contribution in [0.4, 0.5) is 0 Å². The van der Waals surface area contributed by atoms with Gasteiger partial charge in [0.1, 0.15) is 29.7 Å². The number of hydrogen-bond acceptors (Lipinski definition) is 8. The number of aliphatic hydroxyl groups is 3. The molecule has 3 aliphatic heterocycles. The molecular formula is C38H53BrN2O6S. The predicted octanol–water partition coefficient (Wildman–Crippen LogP) is 2.29. The lowest BCUT2D eigenvalue weighted by Crippen LogP contribution is -3.00. The second-order valence-corrected chi connectivity index (χ2v) is 15.1. The first-order valence-corrected chi connectivity index (χ1v) is 18.5. The Kier molecular flexibility index (Phi) is 13.4. The molecule has 4 fully saturated rings. The first-order valence-electron chi connectivity index (χ1n) is 17.6. The summed E-state index contributed by atoms with van der Waals surface area (Å²) in [5.74, 6) is 1.84. The first kappa shape index (κ1) is 37.2. The summed E-state index contributed by atoms with van der Waals surface area (Å²) in [6, 6.07) is 17.2. The lowest BCUT2D eigenvalue weighted by molar-refractivity contribution is -0.946. The van der Waals surface area contributed by atoms with Crippen LogP contribution < -0.4 is 27.0 Å². The number of rotatable bonds is 17. The number of aliphatic hydroxyl groups excluding tert-OH is 2. The SMILES string of the molecule is OCc1cc([C@@H](O)CNCCc2ccc(OCCC[N+]34CCC(CC3)[C@@H](OC[C@](O)(c3cccs3)C3CCCC3)C4)cc2)ccc1O.[Br-]. The molecule has 0 spiro atoms. The van der Waals surface area contributed by atoms with Crippen molar-refractivity contribution in [1.82, 2.24) is 5.32 Å². The lowest BCUT2D eigenvalue weighted by Gasteiger charge is -2.53. The Balaban J connectivity index is 0.00000451. The van der Waals surface area contributed by atoms with Crippen LogP contribution in [0, 0.1) is 11.8 Å². The molecule has 264 valence electrons. The Labute approximate surface area is 300 Å². The maximum Gasteiger partial charge on any atom is 0.125 e. The van der Waals surface area contributed by atoms with E-state index in [1.165, 1.54) is 50.4 Å². The van der Waals surface area contributed by atoms with Crippen molar-refractivity contribution in [2.45, 2.75) is 75.8 Å². The molecule has 0 unspecified atom stereocenters. The van der Waals surface area contributed by atoms with Crippen molar-refractivity contribution in [3.05, 3.63) is 81.5 Å². The first-order chi connectivity index (χ1) is 22.9. The fourth-order valence-electron chi connectivity index (χ4n) is 8.15. The summed E-state index contributed by atoms with van der Waals surface area (Å²) in [5, 5.41) is 46.8. The third-order valence-electron chi connectivity index (χ3n) is 11.1. The van der Waals surface area contributed by atoms with Crippen LogP contribution in [0.25, 0.3) is 0 Å². The molecule has 3 aromatic rings. The normalized spacial score (nSPS) is 24.2. The molecule has 1 aromatic heterocycles. The lowest BCUT2D eigenvalue weighted by atomic mass is 9.82. The third-order valence-corrected chi connectivity index (χ3v) is 12.1. The zero-order valence-corrected chi connectivity index (χ0v) is 30.3. The molecule has 2 aromatic carbocycles. The summed E-state index contributed by atoms with van der Waals surface area (Å²) >= 11 is 1.67. The Bertz CT molecular complexity index is 1390. The van der Waals surface area contributed by atoms with E-state index in [1.807, 2.05) is 12.1 Å². The molecule has 0 radical (unpaired) electrons. The largest absolute Gasteiger partial charge is 1.00 e. The third kappa shape index (κ3) is 9.01. The maximum absolute atomic E-state index is 11.9. The molecule has 48 heavy (non-hydrogen) atoms. The zero-order chi connectivity index (χ0) is 32.7. The molecule has 7 rings (SSSR count). The van der Waals surface area contributed by atoms with Crippen molar-refractivity contribution in [2.24, 2.45) is 11.8 Å². The number of benzene rings is 2. The molecule has 0 amide bonds. The van der Waals surface area contributed by atoms with Crippen molar-refractivity contribution < 1.29 is 51.4 Å². The van der Waals surface area contributed by atoms with Gasteiger partial charge in [-0.25, -0.2) is 0 Å². The highest BCUT2D eigenvalue weighted by Crippen LogP contribution is 2.44. The monoisotopic (exact) mass is 744 g/mol. The topological polar surface area (TPSA) is 111 Å². The molecule has 1 aliphatic carbocycles. The van der Waals surface area contributed by atoms with Gasteiger partial charge in [-0.2, -0.15) is 0 Å². The highest BCUT2D eigenvalue weighted by Gasteiger charge is 2.48. The van der Waals surface area contributed by atoms with E-state index in [0.717, 1.165) is 60.4 Å². The van der Waals surface area contributed by atoms with Crippen LogP contribution in [0.5, 0.6) is 11.5 Å². The number of nitrogens with zero attached hydrogens (tertiary/aromatic N) is 1. The van der Waals surface area contributed by atoms with Gasteiger partial charge >= 0.3 is 0 Å². The summed E-state index contributed by atoms with van der Waals surface area (Å²) in [4.78, 5) is 1.07. The van der Waals surface area contributed by atoms with Gasteiger partial charge < -0.3 is 56.7 Å². The van der Waals surface area contributed by atoms with Gasteiger partial charge in [0, 0.05) is 42.2 Å². The van der Waals surface area contributed by atoms with E-state index in [1.54, 1.807) is 23.5 Å². The number of thiophene rings is 1. The second kappa shape index (κ2) is 17.3. The van der Waals surface area contributed by atoms with Gasteiger partial charge in [-0.3, -0.25) is 0 Å². The molecule has 10 heteroatoms. The minimum Gasteiger partial charge on any atom is -1.00 e. The Morgan fingerprint density at radius 1 is 1.02 bits per heavy atom. The summed E-state index contributed by atoms with van der Waals surface area (Å²) in [7, 11) is 0. The molecule has 4 heterocycles. The number of quaternary nitrogens is 1. The van der Waals surface area contributed by atoms with Crippen molar-refractivity contribution in [3.8, 4) is 11.5 Å². The minimum absolute atomic E-state index is 0. The molecular weight excluding hydrogens is 692 g/mol. The van der Waals surface area contributed by atoms with E-state index < -0.39 is 11.7 Å². The fraction of sp³-hybridized carbons (Fsp3) is 0.579. The highest BCUT2D eigenvalue weighted by molar-refractivity contribution is 7.10. The minimum atomic E-state index is -0.857. The quantitative estimate of drug-likeness (QED) is 0.107. The van der Waals surface area contributed by atoms with Crippen LogP contribution in [0.15, 0.2) is 60.0 Å². The van der Waals surface area contributed by atoms with Gasteiger partial charge in [0.15, 0.2) is 0 Å². The van der Waals surface area contributed by atoms with E-state index in [-0.39, 0.29) is 35.4 Å². The summed E-state index contributed by atoms with van der Waals surface area (Å²) in [6.45, 7) is 6.57. The number of piperidine rings is 3. The number of nitrogens with one attached hydrogen (secondary N) is 1. The number of halogens is 1. The van der Waals surface area contributed by atoms with Crippen molar-refractivity contribution in [1.29, 1.82) is 0 Å². The number of phenols is 1. The number of hydrogen-bond donors (Lipinski definition) is 5. The number of aromatic hydroxyl groups is 1. The van der Waals surface area contributed by atoms with Crippen LogP contribution >= 0.6 is 11.3 Å². The smallest absolute Gasteiger partial charge is 0.125 e. The molecule has 8 nitrogen and oxygen atoms in total. The fourth-order valence-corrected chi connectivity index (χ4v) is 9.04. The van der Waals surface area contributed by atoms with Crippen LogP contribution in [-0.2, 0) is 23.4 Å². The Morgan fingerprint density at radius 2 is 1.79 bits per heavy atom. The van der Waals surface area contributed by atoms with Gasteiger partial charge in [-0.15, -0.1) is 11.3 Å². The summed E-state index contributed by atoms with van der Waals surface area (Å²) < 4.78 is 13.9. The highest BCUT2D eigenvalue weighted by atomic mass is 79.9. The molecule has 5 N–H and O–H groups in total. The van der Waals surface area contributed by atoms with Crippen molar-refractivity contribution in [3.63, 3.8) is 0 Å². The van der Waals surface area contributed by atoms with Crippen LogP contribution in [-0.4, -0.2) is 83.5 Å². The van der Waals surface area contributed by atoms with Gasteiger partial charge in [0.05, 0.1) is 45.6 Å². The summed E-state index contributed by atoms with van der Waals surface area (Å²) in [5.41, 5.74) is 1.42. The average molecular weight is 746 g/mol. The van der Waals surface area contributed by atoms with E-state index in [4.69, 9.17) is 9.47 Å². The van der Waals surface area contributed by atoms with E-state index in [2.05, 4.69) is 35.0 Å². The van der Waals surface area contributed by atoms with Crippen molar-refractivity contribution >= 4 is 11.3 Å². The predicted molar refractivity (Wildman–Crippen MR) is 184 cm³/mol. The van der Waals surface area contributed by atoms with Crippen LogP contribution in [0.3, 0.4) is 0 Å². The second-order valence-electron chi connectivity index (χ2n) is 14.1. The average Bonchev–Trinajstić information content (AvgIpc) is 3.85. The summed E-state index contributed by atoms with van der Waals surface area (Å²) in [6.07, 6.45) is 8.37. The van der Waals surface area contributed by atoms with Gasteiger partial charge in [0.25, 0.3) is 0 Å². The van der Waals surface area contributed by atoms with Crippen LogP contribution in [0.2, 0.25) is 0 Å². The molecule has 3 saturated heterocycles.